The summed E-state index contributed by atoms with van der Waals surface area (Å²) in [5.41, 5.74) is 0. The average molecular weight is 1060 g/mol. The maximum Gasteiger partial charge on any atom is 0.305 e. The minimum absolute atomic E-state index is 0.0139. The van der Waals surface area contributed by atoms with Crippen molar-refractivity contribution in [1.29, 1.82) is 0 Å². The van der Waals surface area contributed by atoms with Crippen LogP contribution in [0.1, 0.15) is 406 Å². The van der Waals surface area contributed by atoms with E-state index in [2.05, 4.69) is 19.2 Å². The summed E-state index contributed by atoms with van der Waals surface area (Å²) in [7, 11) is 0. The number of nitrogens with one attached hydrogen (secondary N) is 1. The number of aliphatic hydroxyl groups excluding tert-OH is 2. The van der Waals surface area contributed by atoms with E-state index in [0.717, 1.165) is 38.5 Å². The standard InChI is InChI=1S/C69H137NO5/c1-3-5-7-9-11-13-15-17-19-21-23-24-26-29-33-37-41-45-49-53-57-61-67(72)66(65-71)70-68(73)62-58-54-50-46-42-38-34-30-27-28-32-36-40-44-48-52-56-60-64-75-69(74)63-59-55-51-47-43-39-35-31-25-22-20-18-16-14-12-10-8-6-4-2/h66-67,71-72H,3-65H2,1-2H3,(H,70,73). The number of esters is 1. The smallest absolute Gasteiger partial charge is 0.305 e. The van der Waals surface area contributed by atoms with Crippen LogP contribution in [0.5, 0.6) is 0 Å². The SMILES string of the molecule is CCCCCCCCCCCCCCCCCCCCCCCC(O)C(CO)NC(=O)CCCCCCCCCCCCCCCCCCCCOC(=O)CCCCCCCCCCCCCCCCCCCCC. The zero-order valence-corrected chi connectivity index (χ0v) is 51.3. The first-order valence-electron chi connectivity index (χ1n) is 34.8. The second kappa shape index (κ2) is 65.4. The highest BCUT2D eigenvalue weighted by Gasteiger charge is 2.20. The molecule has 0 spiro atoms. The Bertz CT molecular complexity index is 1080. The maximum absolute atomic E-state index is 12.5. The van der Waals surface area contributed by atoms with Gasteiger partial charge >= 0.3 is 5.97 Å². The van der Waals surface area contributed by atoms with Crippen LogP contribution in [0.25, 0.3) is 0 Å². The van der Waals surface area contributed by atoms with Gasteiger partial charge in [0.25, 0.3) is 0 Å². The minimum atomic E-state index is -0.667. The van der Waals surface area contributed by atoms with Gasteiger partial charge in [-0.1, -0.05) is 367 Å². The fraction of sp³-hybridized carbons (Fsp3) is 0.971. The molecule has 0 aromatic heterocycles. The third-order valence-corrected chi connectivity index (χ3v) is 16.7. The van der Waals surface area contributed by atoms with Crippen molar-refractivity contribution in [2.45, 2.75) is 418 Å². The second-order valence-electron chi connectivity index (χ2n) is 24.2. The first-order valence-corrected chi connectivity index (χ1v) is 34.8. The van der Waals surface area contributed by atoms with Crippen molar-refractivity contribution in [3.8, 4) is 0 Å². The van der Waals surface area contributed by atoms with Gasteiger partial charge in [0.15, 0.2) is 0 Å². The molecule has 0 aliphatic rings. The Labute approximate surface area is 470 Å². The lowest BCUT2D eigenvalue weighted by Crippen LogP contribution is -2.45. The molecule has 3 N–H and O–H groups in total. The monoisotopic (exact) mass is 1060 g/mol. The van der Waals surface area contributed by atoms with Crippen LogP contribution in [0.2, 0.25) is 0 Å². The molecule has 448 valence electrons. The molecule has 0 radical (unpaired) electrons. The summed E-state index contributed by atoms with van der Waals surface area (Å²) in [5.74, 6) is -0.0196. The molecule has 0 saturated carbocycles. The van der Waals surface area contributed by atoms with E-state index in [1.807, 2.05) is 0 Å². The van der Waals surface area contributed by atoms with E-state index >= 15 is 0 Å². The van der Waals surface area contributed by atoms with Crippen molar-refractivity contribution in [2.75, 3.05) is 13.2 Å². The summed E-state index contributed by atoms with van der Waals surface area (Å²) in [4.78, 5) is 24.7. The van der Waals surface area contributed by atoms with Crippen molar-refractivity contribution >= 4 is 11.9 Å². The van der Waals surface area contributed by atoms with Crippen LogP contribution < -0.4 is 5.32 Å². The third-order valence-electron chi connectivity index (χ3n) is 16.7. The van der Waals surface area contributed by atoms with Gasteiger partial charge in [0, 0.05) is 12.8 Å². The molecule has 0 fully saturated rings. The Morgan fingerprint density at radius 3 is 0.813 bits per heavy atom. The van der Waals surface area contributed by atoms with Gasteiger partial charge in [0.05, 0.1) is 25.4 Å². The van der Waals surface area contributed by atoms with E-state index in [1.54, 1.807) is 0 Å². The number of carbonyl (C=O) groups is 2. The predicted molar refractivity (Wildman–Crippen MR) is 329 cm³/mol. The number of ether oxygens (including phenoxy) is 1. The summed E-state index contributed by atoms with van der Waals surface area (Å²) in [6.45, 7) is 5.00. The fourth-order valence-corrected chi connectivity index (χ4v) is 11.4. The normalized spacial score (nSPS) is 12.4. The molecule has 0 saturated heterocycles. The van der Waals surface area contributed by atoms with Crippen LogP contribution >= 0.6 is 0 Å². The first-order chi connectivity index (χ1) is 37.0. The highest BCUT2D eigenvalue weighted by molar-refractivity contribution is 5.76. The van der Waals surface area contributed by atoms with Gasteiger partial charge < -0.3 is 20.3 Å². The molecule has 6 nitrogen and oxygen atoms in total. The van der Waals surface area contributed by atoms with Crippen molar-refractivity contribution in [1.82, 2.24) is 5.32 Å². The molecule has 0 rings (SSSR count). The number of amides is 1. The van der Waals surface area contributed by atoms with Crippen LogP contribution in [-0.4, -0.2) is 47.4 Å². The second-order valence-corrected chi connectivity index (χ2v) is 24.2. The van der Waals surface area contributed by atoms with Crippen LogP contribution in [0, 0.1) is 0 Å². The Balaban J connectivity index is 3.37. The quantitative estimate of drug-likeness (QED) is 0.0417. The molecular formula is C69H137NO5. The molecule has 0 aromatic carbocycles. The van der Waals surface area contributed by atoms with Gasteiger partial charge in [0.1, 0.15) is 0 Å². The summed E-state index contributed by atoms with van der Waals surface area (Å²) < 4.78 is 5.51. The molecular weight excluding hydrogens is 923 g/mol. The molecule has 0 aliphatic heterocycles. The molecule has 0 aliphatic carbocycles. The highest BCUT2D eigenvalue weighted by atomic mass is 16.5. The predicted octanol–water partition coefficient (Wildman–Crippen LogP) is 22.2. The topological polar surface area (TPSA) is 95.9 Å². The lowest BCUT2D eigenvalue weighted by Gasteiger charge is -2.22. The molecule has 0 heterocycles. The lowest BCUT2D eigenvalue weighted by molar-refractivity contribution is -0.143. The average Bonchev–Trinajstić information content (AvgIpc) is 3.41. The van der Waals surface area contributed by atoms with Crippen LogP contribution in [0.3, 0.4) is 0 Å². The van der Waals surface area contributed by atoms with E-state index in [1.165, 1.54) is 334 Å². The van der Waals surface area contributed by atoms with E-state index in [0.29, 0.717) is 25.9 Å². The van der Waals surface area contributed by atoms with E-state index in [4.69, 9.17) is 4.74 Å². The zero-order chi connectivity index (χ0) is 54.3. The van der Waals surface area contributed by atoms with Crippen LogP contribution in [0.15, 0.2) is 0 Å². The molecule has 0 aromatic rings. The molecule has 2 atom stereocenters. The van der Waals surface area contributed by atoms with Gasteiger partial charge in [-0.2, -0.15) is 0 Å². The Kier molecular flexibility index (Phi) is 64.4. The summed E-state index contributed by atoms with van der Waals surface area (Å²) in [5, 5.41) is 23.4. The maximum atomic E-state index is 12.5. The van der Waals surface area contributed by atoms with E-state index in [9.17, 15) is 19.8 Å². The first kappa shape index (κ1) is 73.9. The van der Waals surface area contributed by atoms with Gasteiger partial charge in [0.2, 0.25) is 5.91 Å². The summed E-state index contributed by atoms with van der Waals surface area (Å²) >= 11 is 0. The molecule has 75 heavy (non-hydrogen) atoms. The van der Waals surface area contributed by atoms with E-state index < -0.39 is 12.1 Å². The number of aliphatic hydroxyl groups is 2. The zero-order valence-electron chi connectivity index (χ0n) is 51.3. The van der Waals surface area contributed by atoms with Crippen molar-refractivity contribution in [2.24, 2.45) is 0 Å². The van der Waals surface area contributed by atoms with Gasteiger partial charge in [-0.3, -0.25) is 9.59 Å². The summed E-state index contributed by atoms with van der Waals surface area (Å²) in [6, 6.07) is -0.544. The summed E-state index contributed by atoms with van der Waals surface area (Å²) in [6.07, 6.45) is 78.5. The molecule has 0 bridgehead atoms. The van der Waals surface area contributed by atoms with Gasteiger partial charge in [-0.25, -0.2) is 0 Å². The lowest BCUT2D eigenvalue weighted by atomic mass is 10.0. The van der Waals surface area contributed by atoms with Crippen LogP contribution in [0.4, 0.5) is 0 Å². The molecule has 1 amide bonds. The number of rotatable bonds is 66. The number of carbonyl (C=O) groups excluding carboxylic acids is 2. The number of hydrogen-bond acceptors (Lipinski definition) is 5. The largest absolute Gasteiger partial charge is 0.466 e. The van der Waals surface area contributed by atoms with Crippen molar-refractivity contribution in [3.63, 3.8) is 0 Å². The van der Waals surface area contributed by atoms with Crippen LogP contribution in [-0.2, 0) is 14.3 Å². The Morgan fingerprint density at radius 1 is 0.320 bits per heavy atom. The van der Waals surface area contributed by atoms with E-state index in [-0.39, 0.29) is 18.5 Å². The third kappa shape index (κ3) is 61.9. The number of unbranched alkanes of at least 4 members (excludes halogenated alkanes) is 55. The highest BCUT2D eigenvalue weighted by Crippen LogP contribution is 2.19. The van der Waals surface area contributed by atoms with Crippen molar-refractivity contribution in [3.05, 3.63) is 0 Å². The van der Waals surface area contributed by atoms with Crippen molar-refractivity contribution < 1.29 is 24.5 Å². The minimum Gasteiger partial charge on any atom is -0.466 e. The van der Waals surface area contributed by atoms with Gasteiger partial charge in [-0.15, -0.1) is 0 Å². The Morgan fingerprint density at radius 2 is 0.547 bits per heavy atom. The molecule has 6 heteroatoms. The number of hydrogen-bond donors (Lipinski definition) is 3. The van der Waals surface area contributed by atoms with Gasteiger partial charge in [-0.05, 0) is 25.7 Å². The molecule has 2 unspecified atom stereocenters. The Hall–Kier alpha value is -1.14. The fourth-order valence-electron chi connectivity index (χ4n) is 11.4.